The summed E-state index contributed by atoms with van der Waals surface area (Å²) in [5.41, 5.74) is 0.195. The SMILES string of the molecule is Cl.O=C(c1ccc([N+](=O)[O-])cc1Cl)N1CCNCC1. The van der Waals surface area contributed by atoms with Gasteiger partial charge in [0.15, 0.2) is 0 Å². The van der Waals surface area contributed by atoms with Crippen LogP contribution in [0.3, 0.4) is 0 Å². The molecular formula is C11H13Cl2N3O3. The van der Waals surface area contributed by atoms with Crippen LogP contribution in [0.4, 0.5) is 5.69 Å². The molecule has 0 saturated carbocycles. The van der Waals surface area contributed by atoms with Crippen LogP contribution in [-0.2, 0) is 0 Å². The number of piperazine rings is 1. The molecular weight excluding hydrogens is 293 g/mol. The Labute approximate surface area is 121 Å². The lowest BCUT2D eigenvalue weighted by molar-refractivity contribution is -0.384. The van der Waals surface area contributed by atoms with Crippen molar-refractivity contribution in [1.29, 1.82) is 0 Å². The number of carbonyl (C=O) groups is 1. The predicted octanol–water partition coefficient (Wildman–Crippen LogP) is 1.72. The van der Waals surface area contributed by atoms with Crippen LogP contribution < -0.4 is 5.32 Å². The molecule has 1 fully saturated rings. The van der Waals surface area contributed by atoms with Crippen LogP contribution in [0.5, 0.6) is 0 Å². The van der Waals surface area contributed by atoms with Crippen molar-refractivity contribution < 1.29 is 9.72 Å². The van der Waals surface area contributed by atoms with Crippen LogP contribution in [0, 0.1) is 10.1 Å². The van der Waals surface area contributed by atoms with E-state index in [4.69, 9.17) is 11.6 Å². The number of carbonyl (C=O) groups excluding carboxylic acids is 1. The van der Waals surface area contributed by atoms with Gasteiger partial charge in [-0.1, -0.05) is 11.6 Å². The molecule has 1 aliphatic rings. The molecule has 0 aliphatic carbocycles. The zero-order valence-corrected chi connectivity index (χ0v) is 11.5. The van der Waals surface area contributed by atoms with Crippen molar-refractivity contribution in [2.75, 3.05) is 26.2 Å². The van der Waals surface area contributed by atoms with Crippen molar-refractivity contribution in [2.45, 2.75) is 0 Å². The summed E-state index contributed by atoms with van der Waals surface area (Å²) < 4.78 is 0. The Kier molecular flexibility index (Phi) is 5.53. The predicted molar refractivity (Wildman–Crippen MR) is 74.1 cm³/mol. The molecule has 0 bridgehead atoms. The minimum Gasteiger partial charge on any atom is -0.336 e. The number of nitrogens with zero attached hydrogens (tertiary/aromatic N) is 2. The maximum Gasteiger partial charge on any atom is 0.270 e. The highest BCUT2D eigenvalue weighted by Gasteiger charge is 2.21. The number of nitrogens with one attached hydrogen (secondary N) is 1. The normalized spacial score (nSPS) is 14.7. The second kappa shape index (κ2) is 6.70. The smallest absolute Gasteiger partial charge is 0.270 e. The molecule has 1 saturated heterocycles. The molecule has 1 aromatic carbocycles. The van der Waals surface area contributed by atoms with Gasteiger partial charge in [0.2, 0.25) is 0 Å². The van der Waals surface area contributed by atoms with Crippen LogP contribution >= 0.6 is 24.0 Å². The lowest BCUT2D eigenvalue weighted by Crippen LogP contribution is -2.46. The van der Waals surface area contributed by atoms with Crippen molar-refractivity contribution in [1.82, 2.24) is 10.2 Å². The van der Waals surface area contributed by atoms with Gasteiger partial charge in [0.25, 0.3) is 11.6 Å². The van der Waals surface area contributed by atoms with Gasteiger partial charge < -0.3 is 10.2 Å². The zero-order valence-electron chi connectivity index (χ0n) is 9.97. The molecule has 6 nitrogen and oxygen atoms in total. The molecule has 0 unspecified atom stereocenters. The number of nitro groups is 1. The van der Waals surface area contributed by atoms with Crippen molar-refractivity contribution >= 4 is 35.6 Å². The first-order valence-electron chi connectivity index (χ1n) is 5.53. The standard InChI is InChI=1S/C11H12ClN3O3.ClH/c12-10-7-8(15(17)18)1-2-9(10)11(16)14-5-3-13-4-6-14;/h1-2,7,13H,3-6H2;1H. The summed E-state index contributed by atoms with van der Waals surface area (Å²) in [7, 11) is 0. The molecule has 1 amide bonds. The summed E-state index contributed by atoms with van der Waals surface area (Å²) in [6.07, 6.45) is 0. The number of hydrogen-bond donors (Lipinski definition) is 1. The van der Waals surface area contributed by atoms with E-state index in [0.29, 0.717) is 18.7 Å². The highest BCUT2D eigenvalue weighted by atomic mass is 35.5. The van der Waals surface area contributed by atoms with E-state index in [-0.39, 0.29) is 29.0 Å². The fourth-order valence-corrected chi connectivity index (χ4v) is 2.08. The topological polar surface area (TPSA) is 75.5 Å². The van der Waals surface area contributed by atoms with E-state index in [1.165, 1.54) is 18.2 Å². The minimum absolute atomic E-state index is 0. The first kappa shape index (κ1) is 15.7. The molecule has 8 heteroatoms. The monoisotopic (exact) mass is 305 g/mol. The van der Waals surface area contributed by atoms with Crippen molar-refractivity contribution in [3.05, 3.63) is 38.9 Å². The van der Waals surface area contributed by atoms with Crippen molar-refractivity contribution in [3.8, 4) is 0 Å². The highest BCUT2D eigenvalue weighted by Crippen LogP contribution is 2.23. The Hall–Kier alpha value is -1.37. The Bertz CT molecular complexity index is 490. The van der Waals surface area contributed by atoms with E-state index in [0.717, 1.165) is 13.1 Å². The summed E-state index contributed by atoms with van der Waals surface area (Å²) in [6, 6.07) is 3.91. The second-order valence-electron chi connectivity index (χ2n) is 3.96. The summed E-state index contributed by atoms with van der Waals surface area (Å²) >= 11 is 5.92. The Morgan fingerprint density at radius 3 is 2.53 bits per heavy atom. The van der Waals surface area contributed by atoms with Gasteiger partial charge in [-0.3, -0.25) is 14.9 Å². The number of rotatable bonds is 2. The molecule has 1 aromatic rings. The molecule has 1 N–H and O–H groups in total. The van der Waals surface area contributed by atoms with Crippen molar-refractivity contribution in [3.63, 3.8) is 0 Å². The summed E-state index contributed by atoms with van der Waals surface area (Å²) in [4.78, 5) is 23.9. The minimum atomic E-state index is -0.537. The maximum atomic E-state index is 12.1. The van der Waals surface area contributed by atoms with Crippen molar-refractivity contribution in [2.24, 2.45) is 0 Å². The number of nitro benzene ring substituents is 1. The van der Waals surface area contributed by atoms with Gasteiger partial charge in [-0.25, -0.2) is 0 Å². The van der Waals surface area contributed by atoms with Gasteiger partial charge in [0.1, 0.15) is 0 Å². The van der Waals surface area contributed by atoms with E-state index in [1.807, 2.05) is 0 Å². The number of amides is 1. The number of halogens is 2. The molecule has 0 atom stereocenters. The van der Waals surface area contributed by atoms with E-state index >= 15 is 0 Å². The summed E-state index contributed by atoms with van der Waals surface area (Å²) in [6.45, 7) is 2.73. The average Bonchev–Trinajstić information content (AvgIpc) is 2.38. The largest absolute Gasteiger partial charge is 0.336 e. The summed E-state index contributed by atoms with van der Waals surface area (Å²) in [5.74, 6) is -0.184. The van der Waals surface area contributed by atoms with Gasteiger partial charge in [-0.05, 0) is 6.07 Å². The third-order valence-corrected chi connectivity index (χ3v) is 3.11. The lowest BCUT2D eigenvalue weighted by atomic mass is 10.1. The molecule has 1 heterocycles. The average molecular weight is 306 g/mol. The van der Waals surface area contributed by atoms with Gasteiger partial charge >= 0.3 is 0 Å². The number of non-ortho nitro benzene ring substituents is 1. The zero-order chi connectivity index (χ0) is 13.1. The van der Waals surface area contributed by atoms with Crippen LogP contribution in [0.1, 0.15) is 10.4 Å². The van der Waals surface area contributed by atoms with Gasteiger partial charge in [0.05, 0.1) is 15.5 Å². The Morgan fingerprint density at radius 1 is 1.37 bits per heavy atom. The third-order valence-electron chi connectivity index (χ3n) is 2.80. The Morgan fingerprint density at radius 2 is 2.00 bits per heavy atom. The van der Waals surface area contributed by atoms with Crippen LogP contribution in [0.2, 0.25) is 5.02 Å². The Balaban J connectivity index is 0.00000180. The molecule has 104 valence electrons. The van der Waals surface area contributed by atoms with E-state index < -0.39 is 4.92 Å². The molecule has 19 heavy (non-hydrogen) atoms. The molecule has 2 rings (SSSR count). The molecule has 0 radical (unpaired) electrons. The fourth-order valence-electron chi connectivity index (χ4n) is 1.83. The first-order valence-corrected chi connectivity index (χ1v) is 5.91. The van der Waals surface area contributed by atoms with Gasteiger partial charge in [0, 0.05) is 38.3 Å². The second-order valence-corrected chi connectivity index (χ2v) is 4.37. The van der Waals surface area contributed by atoms with E-state index in [1.54, 1.807) is 4.90 Å². The maximum absolute atomic E-state index is 12.1. The van der Waals surface area contributed by atoms with Gasteiger partial charge in [-0.15, -0.1) is 12.4 Å². The van der Waals surface area contributed by atoms with E-state index in [2.05, 4.69) is 5.32 Å². The lowest BCUT2D eigenvalue weighted by Gasteiger charge is -2.27. The van der Waals surface area contributed by atoms with Crippen LogP contribution in [0.15, 0.2) is 18.2 Å². The quantitative estimate of drug-likeness (QED) is 0.667. The van der Waals surface area contributed by atoms with Gasteiger partial charge in [-0.2, -0.15) is 0 Å². The fraction of sp³-hybridized carbons (Fsp3) is 0.364. The third kappa shape index (κ3) is 3.56. The van der Waals surface area contributed by atoms with Crippen LogP contribution in [0.25, 0.3) is 0 Å². The van der Waals surface area contributed by atoms with Crippen LogP contribution in [-0.4, -0.2) is 41.9 Å². The number of benzene rings is 1. The number of hydrogen-bond acceptors (Lipinski definition) is 4. The highest BCUT2D eigenvalue weighted by molar-refractivity contribution is 6.34. The van der Waals surface area contributed by atoms with E-state index in [9.17, 15) is 14.9 Å². The molecule has 0 spiro atoms. The molecule has 1 aliphatic heterocycles. The first-order chi connectivity index (χ1) is 8.59. The summed E-state index contributed by atoms with van der Waals surface area (Å²) in [5, 5.41) is 13.8. The molecule has 0 aromatic heterocycles.